The van der Waals surface area contributed by atoms with E-state index in [1.807, 2.05) is 12.1 Å². The molecule has 0 bridgehead atoms. The molecule has 2 aromatic carbocycles. The highest BCUT2D eigenvalue weighted by Crippen LogP contribution is 2.34. The third kappa shape index (κ3) is 6.50. The van der Waals surface area contributed by atoms with Gasteiger partial charge in [-0.3, -0.25) is 9.59 Å². The van der Waals surface area contributed by atoms with Gasteiger partial charge in [0.05, 0.1) is 14.2 Å². The molecule has 4 rings (SSSR count). The van der Waals surface area contributed by atoms with Gasteiger partial charge in [-0.15, -0.1) is 0 Å². The second kappa shape index (κ2) is 12.7. The van der Waals surface area contributed by atoms with Crippen molar-refractivity contribution in [2.75, 3.05) is 38.8 Å². The quantitative estimate of drug-likeness (QED) is 0.487. The molecule has 36 heavy (non-hydrogen) atoms. The van der Waals surface area contributed by atoms with Crippen molar-refractivity contribution >= 4 is 17.5 Å². The van der Waals surface area contributed by atoms with Crippen LogP contribution in [0.25, 0.3) is 0 Å². The number of fused-ring (bicyclic) bond motifs is 1. The summed E-state index contributed by atoms with van der Waals surface area (Å²) in [4.78, 5) is 28.5. The van der Waals surface area contributed by atoms with Crippen LogP contribution in [-0.4, -0.2) is 51.7 Å². The number of anilines is 1. The minimum absolute atomic E-state index is 0.118. The van der Waals surface area contributed by atoms with E-state index in [4.69, 9.17) is 9.47 Å². The predicted octanol–water partition coefficient (Wildman–Crippen LogP) is 4.34. The number of hydrogen-bond acceptors (Lipinski definition) is 5. The lowest BCUT2D eigenvalue weighted by molar-refractivity contribution is -0.123. The average molecular weight is 494 g/mol. The van der Waals surface area contributed by atoms with Gasteiger partial charge in [0.15, 0.2) is 0 Å². The van der Waals surface area contributed by atoms with Gasteiger partial charge in [0.25, 0.3) is 5.91 Å². The molecule has 1 aliphatic heterocycles. The summed E-state index contributed by atoms with van der Waals surface area (Å²) in [6.45, 7) is 2.14. The molecule has 1 saturated carbocycles. The lowest BCUT2D eigenvalue weighted by Crippen LogP contribution is -2.48. The summed E-state index contributed by atoms with van der Waals surface area (Å²) < 4.78 is 10.8. The zero-order valence-electron chi connectivity index (χ0n) is 21.6. The third-order valence-electron chi connectivity index (χ3n) is 7.52. The first-order valence-corrected chi connectivity index (χ1v) is 13.2. The fourth-order valence-corrected chi connectivity index (χ4v) is 5.48. The number of nitrogens with zero attached hydrogens (tertiary/aromatic N) is 1. The van der Waals surface area contributed by atoms with Gasteiger partial charge in [0.2, 0.25) is 5.91 Å². The van der Waals surface area contributed by atoms with E-state index in [0.29, 0.717) is 36.7 Å². The topological polar surface area (TPSA) is 79.9 Å². The number of rotatable bonds is 11. The highest BCUT2D eigenvalue weighted by molar-refractivity contribution is 5.97. The van der Waals surface area contributed by atoms with Crippen LogP contribution in [0.15, 0.2) is 42.5 Å². The van der Waals surface area contributed by atoms with Crippen molar-refractivity contribution < 1.29 is 19.1 Å². The second-order valence-electron chi connectivity index (χ2n) is 9.83. The largest absolute Gasteiger partial charge is 0.497 e. The standard InChI is InChI=1S/C29H39N3O4/c1-35-23-11-6-10-22(20-23)28(33)31-25(15-14-21-8-4-3-5-9-21)29(34)30-17-19-32-18-16-24-26(32)12-7-13-27(24)36-2/h6-7,10-13,20-21,25H,3-5,8-9,14-19H2,1-2H3,(H,30,34)(H,31,33)/t25-/m0/s1. The van der Waals surface area contributed by atoms with Gasteiger partial charge in [0, 0.05) is 36.4 Å². The number of nitrogens with one attached hydrogen (secondary N) is 2. The Hall–Kier alpha value is -3.22. The number of amides is 2. The summed E-state index contributed by atoms with van der Waals surface area (Å²) in [5.74, 6) is 1.81. The van der Waals surface area contributed by atoms with E-state index in [2.05, 4.69) is 21.6 Å². The maximum Gasteiger partial charge on any atom is 0.252 e. The van der Waals surface area contributed by atoms with Crippen molar-refractivity contribution in [2.24, 2.45) is 5.92 Å². The molecule has 1 atom stereocenters. The molecule has 7 nitrogen and oxygen atoms in total. The highest BCUT2D eigenvalue weighted by Gasteiger charge is 2.25. The monoisotopic (exact) mass is 493 g/mol. The maximum atomic E-state index is 13.2. The van der Waals surface area contributed by atoms with Crippen LogP contribution < -0.4 is 25.0 Å². The molecule has 1 aliphatic carbocycles. The van der Waals surface area contributed by atoms with E-state index in [0.717, 1.165) is 25.1 Å². The molecule has 2 aliphatic rings. The molecule has 2 aromatic rings. The minimum atomic E-state index is -0.559. The van der Waals surface area contributed by atoms with Crippen LogP contribution in [0.1, 0.15) is 60.9 Å². The number of carbonyl (C=O) groups is 2. The van der Waals surface area contributed by atoms with Crippen molar-refractivity contribution in [1.82, 2.24) is 10.6 Å². The molecule has 0 unspecified atom stereocenters. The minimum Gasteiger partial charge on any atom is -0.497 e. The van der Waals surface area contributed by atoms with E-state index in [9.17, 15) is 9.59 Å². The van der Waals surface area contributed by atoms with Gasteiger partial charge >= 0.3 is 0 Å². The Balaban J connectivity index is 1.36. The zero-order valence-corrected chi connectivity index (χ0v) is 21.6. The molecule has 7 heteroatoms. The molecule has 2 N–H and O–H groups in total. The van der Waals surface area contributed by atoms with Crippen LogP contribution in [0.5, 0.6) is 11.5 Å². The Bertz CT molecular complexity index is 1030. The van der Waals surface area contributed by atoms with Gasteiger partial charge in [0.1, 0.15) is 17.5 Å². The van der Waals surface area contributed by atoms with Gasteiger partial charge in [-0.05, 0) is 55.5 Å². The van der Waals surface area contributed by atoms with Crippen LogP contribution in [0.4, 0.5) is 5.69 Å². The number of hydrogen-bond donors (Lipinski definition) is 2. The Morgan fingerprint density at radius 3 is 2.64 bits per heavy atom. The summed E-state index contributed by atoms with van der Waals surface area (Å²) >= 11 is 0. The molecule has 1 heterocycles. The summed E-state index contributed by atoms with van der Waals surface area (Å²) in [6.07, 6.45) is 8.81. The van der Waals surface area contributed by atoms with Crippen LogP contribution in [-0.2, 0) is 11.2 Å². The molecular formula is C29H39N3O4. The smallest absolute Gasteiger partial charge is 0.252 e. The fraction of sp³-hybridized carbons (Fsp3) is 0.517. The second-order valence-corrected chi connectivity index (χ2v) is 9.83. The Kier molecular flexibility index (Phi) is 9.09. The number of carbonyl (C=O) groups excluding carboxylic acids is 2. The highest BCUT2D eigenvalue weighted by atomic mass is 16.5. The summed E-state index contributed by atoms with van der Waals surface area (Å²) in [7, 11) is 3.28. The van der Waals surface area contributed by atoms with E-state index in [-0.39, 0.29) is 11.8 Å². The third-order valence-corrected chi connectivity index (χ3v) is 7.52. The van der Waals surface area contributed by atoms with Crippen LogP contribution in [0.3, 0.4) is 0 Å². The van der Waals surface area contributed by atoms with Gasteiger partial charge in [-0.25, -0.2) is 0 Å². The van der Waals surface area contributed by atoms with Crippen LogP contribution in [0, 0.1) is 5.92 Å². The van der Waals surface area contributed by atoms with Crippen molar-refractivity contribution in [2.45, 2.75) is 57.4 Å². The number of benzene rings is 2. The van der Waals surface area contributed by atoms with E-state index >= 15 is 0 Å². The lowest BCUT2D eigenvalue weighted by atomic mass is 9.85. The van der Waals surface area contributed by atoms with Crippen molar-refractivity contribution in [3.8, 4) is 11.5 Å². The van der Waals surface area contributed by atoms with E-state index in [1.165, 1.54) is 43.4 Å². The Morgan fingerprint density at radius 2 is 1.86 bits per heavy atom. The Labute approximate surface area is 214 Å². The van der Waals surface area contributed by atoms with E-state index < -0.39 is 6.04 Å². The first kappa shape index (κ1) is 25.9. The molecule has 2 amide bonds. The first-order chi connectivity index (χ1) is 17.6. The Morgan fingerprint density at radius 1 is 1.06 bits per heavy atom. The van der Waals surface area contributed by atoms with Crippen molar-refractivity contribution in [3.63, 3.8) is 0 Å². The number of ether oxygens (including phenoxy) is 2. The zero-order chi connectivity index (χ0) is 25.3. The normalized spacial score (nSPS) is 16.2. The van der Waals surface area contributed by atoms with E-state index in [1.54, 1.807) is 38.5 Å². The van der Waals surface area contributed by atoms with Crippen molar-refractivity contribution in [1.29, 1.82) is 0 Å². The lowest BCUT2D eigenvalue weighted by Gasteiger charge is -2.25. The van der Waals surface area contributed by atoms with Gasteiger partial charge in [-0.2, -0.15) is 0 Å². The molecule has 1 fully saturated rings. The van der Waals surface area contributed by atoms with Crippen molar-refractivity contribution in [3.05, 3.63) is 53.6 Å². The van der Waals surface area contributed by atoms with Crippen LogP contribution >= 0.6 is 0 Å². The average Bonchev–Trinajstić information content (AvgIpc) is 3.34. The fourth-order valence-electron chi connectivity index (χ4n) is 5.48. The van der Waals surface area contributed by atoms with Gasteiger partial charge in [-0.1, -0.05) is 44.2 Å². The van der Waals surface area contributed by atoms with Gasteiger partial charge < -0.3 is 25.0 Å². The van der Waals surface area contributed by atoms with Crippen LogP contribution in [0.2, 0.25) is 0 Å². The molecular weight excluding hydrogens is 454 g/mol. The summed E-state index contributed by atoms with van der Waals surface area (Å²) in [5, 5.41) is 6.08. The molecule has 0 aromatic heterocycles. The molecule has 194 valence electrons. The first-order valence-electron chi connectivity index (χ1n) is 13.2. The summed E-state index contributed by atoms with van der Waals surface area (Å²) in [5.41, 5.74) is 2.89. The molecule has 0 spiro atoms. The summed E-state index contributed by atoms with van der Waals surface area (Å²) in [6, 6.07) is 12.6. The SMILES string of the molecule is COc1cccc(C(=O)N[C@@H](CCC2CCCCC2)C(=O)NCCN2CCc3c(OC)cccc32)c1. The number of methoxy groups -OCH3 is 2. The predicted molar refractivity (Wildman–Crippen MR) is 142 cm³/mol. The molecule has 0 radical (unpaired) electrons. The maximum absolute atomic E-state index is 13.2. The molecule has 0 saturated heterocycles.